The van der Waals surface area contributed by atoms with Crippen LogP contribution in [-0.4, -0.2) is 25.0 Å². The van der Waals surface area contributed by atoms with E-state index < -0.39 is 0 Å². The van der Waals surface area contributed by atoms with Gasteiger partial charge >= 0.3 is 0 Å². The fraction of sp³-hybridized carbons (Fsp3) is 0.263. The molecule has 0 aliphatic heterocycles. The van der Waals surface area contributed by atoms with Crippen LogP contribution in [0.4, 0.5) is 11.4 Å². The van der Waals surface area contributed by atoms with Crippen molar-refractivity contribution in [3.63, 3.8) is 0 Å². The number of rotatable bonds is 8. The lowest BCUT2D eigenvalue weighted by Gasteiger charge is -2.12. The second kappa shape index (κ2) is 9.44. The molecule has 2 aromatic carbocycles. The molecule has 6 heteroatoms. The minimum atomic E-state index is -0.244. The van der Waals surface area contributed by atoms with Crippen LogP contribution in [0.1, 0.15) is 18.4 Å². The quantitative estimate of drug-likeness (QED) is 0.688. The van der Waals surface area contributed by atoms with Crippen LogP contribution in [-0.2, 0) is 9.59 Å². The lowest BCUT2D eigenvalue weighted by atomic mass is 10.1. The van der Waals surface area contributed by atoms with E-state index in [2.05, 4.69) is 10.6 Å². The van der Waals surface area contributed by atoms with Gasteiger partial charge in [0.1, 0.15) is 5.75 Å². The molecule has 0 heterocycles. The summed E-state index contributed by atoms with van der Waals surface area (Å²) in [6.45, 7) is 2.28. The number of nitrogens with two attached hydrogens (primary N) is 1. The van der Waals surface area contributed by atoms with E-state index in [0.29, 0.717) is 36.5 Å². The maximum atomic E-state index is 12.0. The summed E-state index contributed by atoms with van der Waals surface area (Å²) in [5.41, 5.74) is 7.62. The lowest BCUT2D eigenvalue weighted by molar-refractivity contribution is -0.118. The molecule has 0 bridgehead atoms. The normalized spacial score (nSPS) is 10.2. The van der Waals surface area contributed by atoms with Gasteiger partial charge in [-0.1, -0.05) is 18.2 Å². The van der Waals surface area contributed by atoms with Crippen molar-refractivity contribution in [2.24, 2.45) is 5.73 Å². The molecule has 6 nitrogen and oxygen atoms in total. The molecule has 0 aliphatic rings. The van der Waals surface area contributed by atoms with Crippen molar-refractivity contribution in [3.8, 4) is 5.75 Å². The number of ether oxygens (including phenoxy) is 1. The van der Waals surface area contributed by atoms with Gasteiger partial charge in [0.25, 0.3) is 5.91 Å². The smallest absolute Gasteiger partial charge is 0.262 e. The van der Waals surface area contributed by atoms with Gasteiger partial charge in [0.15, 0.2) is 6.61 Å². The Bertz CT molecular complexity index is 717. The summed E-state index contributed by atoms with van der Waals surface area (Å²) in [4.78, 5) is 23.7. The molecule has 2 aromatic rings. The van der Waals surface area contributed by atoms with Crippen LogP contribution in [0.15, 0.2) is 48.5 Å². The van der Waals surface area contributed by atoms with Gasteiger partial charge in [-0.2, -0.15) is 0 Å². The van der Waals surface area contributed by atoms with E-state index in [9.17, 15) is 9.59 Å². The van der Waals surface area contributed by atoms with E-state index in [0.717, 1.165) is 5.56 Å². The molecule has 2 amide bonds. The first-order chi connectivity index (χ1) is 12.1. The van der Waals surface area contributed by atoms with Gasteiger partial charge < -0.3 is 21.1 Å². The van der Waals surface area contributed by atoms with Crippen LogP contribution in [0, 0.1) is 6.92 Å². The minimum absolute atomic E-state index is 0.0684. The maximum Gasteiger partial charge on any atom is 0.262 e. The van der Waals surface area contributed by atoms with Gasteiger partial charge in [0, 0.05) is 17.8 Å². The highest BCUT2D eigenvalue weighted by atomic mass is 16.5. The van der Waals surface area contributed by atoms with Crippen LogP contribution in [0.25, 0.3) is 0 Å². The monoisotopic (exact) mass is 341 g/mol. The van der Waals surface area contributed by atoms with Crippen molar-refractivity contribution in [2.75, 3.05) is 23.8 Å². The third kappa shape index (κ3) is 6.27. The van der Waals surface area contributed by atoms with Gasteiger partial charge in [-0.3, -0.25) is 9.59 Å². The summed E-state index contributed by atoms with van der Waals surface area (Å²) in [6, 6.07) is 14.5. The summed E-state index contributed by atoms with van der Waals surface area (Å²) in [7, 11) is 0. The summed E-state index contributed by atoms with van der Waals surface area (Å²) in [5, 5.41) is 5.61. The molecule has 0 atom stereocenters. The summed E-state index contributed by atoms with van der Waals surface area (Å²) in [6.07, 6.45) is 1.05. The number of anilines is 2. The van der Waals surface area contributed by atoms with E-state index in [4.69, 9.17) is 10.5 Å². The van der Waals surface area contributed by atoms with E-state index in [1.807, 2.05) is 31.2 Å². The van der Waals surface area contributed by atoms with Crippen molar-refractivity contribution in [3.05, 3.63) is 54.1 Å². The third-order valence-corrected chi connectivity index (χ3v) is 3.51. The number of nitrogens with one attached hydrogen (secondary N) is 2. The van der Waals surface area contributed by atoms with Crippen LogP contribution in [0.3, 0.4) is 0 Å². The largest absolute Gasteiger partial charge is 0.484 e. The molecule has 0 saturated carbocycles. The van der Waals surface area contributed by atoms with Crippen LogP contribution in [0.2, 0.25) is 0 Å². The number of hydrogen-bond donors (Lipinski definition) is 3. The Hall–Kier alpha value is -2.86. The molecule has 132 valence electrons. The Morgan fingerprint density at radius 3 is 2.48 bits per heavy atom. The number of carbonyl (C=O) groups excluding carboxylic acids is 2. The number of benzene rings is 2. The summed E-state index contributed by atoms with van der Waals surface area (Å²) < 4.78 is 5.41. The zero-order chi connectivity index (χ0) is 18.1. The van der Waals surface area contributed by atoms with Crippen molar-refractivity contribution < 1.29 is 14.3 Å². The van der Waals surface area contributed by atoms with Gasteiger partial charge in [-0.15, -0.1) is 0 Å². The van der Waals surface area contributed by atoms with Crippen molar-refractivity contribution in [1.29, 1.82) is 0 Å². The van der Waals surface area contributed by atoms with E-state index >= 15 is 0 Å². The fourth-order valence-corrected chi connectivity index (χ4v) is 2.22. The van der Waals surface area contributed by atoms with E-state index in [1.54, 1.807) is 24.3 Å². The molecule has 0 radical (unpaired) electrons. The van der Waals surface area contributed by atoms with Gasteiger partial charge in [0.2, 0.25) is 5.91 Å². The Morgan fingerprint density at radius 2 is 1.80 bits per heavy atom. The molecule has 0 saturated heterocycles. The van der Waals surface area contributed by atoms with Gasteiger partial charge in [-0.05, 0) is 55.8 Å². The molecule has 25 heavy (non-hydrogen) atoms. The molecule has 2 rings (SSSR count). The topological polar surface area (TPSA) is 93.5 Å². The lowest BCUT2D eigenvalue weighted by Crippen LogP contribution is -2.20. The first-order valence-corrected chi connectivity index (χ1v) is 8.17. The number of carbonyl (C=O) groups is 2. The molecular weight excluding hydrogens is 318 g/mol. The Balaban J connectivity index is 1.87. The van der Waals surface area contributed by atoms with Crippen molar-refractivity contribution in [2.45, 2.75) is 19.8 Å². The predicted octanol–water partition coefficient (Wildman–Crippen LogP) is 2.69. The average molecular weight is 341 g/mol. The van der Waals surface area contributed by atoms with Gasteiger partial charge in [0.05, 0.1) is 0 Å². The van der Waals surface area contributed by atoms with Crippen LogP contribution >= 0.6 is 0 Å². The van der Waals surface area contributed by atoms with Crippen molar-refractivity contribution in [1.82, 2.24) is 0 Å². The van der Waals surface area contributed by atoms with Gasteiger partial charge in [-0.25, -0.2) is 0 Å². The first-order valence-electron chi connectivity index (χ1n) is 8.17. The number of para-hydroxylation sites is 1. The molecule has 0 spiro atoms. The van der Waals surface area contributed by atoms with E-state index in [1.165, 1.54) is 0 Å². The zero-order valence-corrected chi connectivity index (χ0v) is 14.2. The number of amides is 2. The maximum absolute atomic E-state index is 12.0. The highest BCUT2D eigenvalue weighted by Crippen LogP contribution is 2.20. The Morgan fingerprint density at radius 1 is 1.04 bits per heavy atom. The Labute approximate surface area is 147 Å². The molecule has 0 aromatic heterocycles. The Kier molecular flexibility index (Phi) is 6.98. The molecule has 0 fully saturated rings. The molecular formula is C19H23N3O3. The third-order valence-electron chi connectivity index (χ3n) is 3.51. The molecule has 0 aliphatic carbocycles. The summed E-state index contributed by atoms with van der Waals surface area (Å²) in [5.74, 6) is 0.328. The average Bonchev–Trinajstić information content (AvgIpc) is 2.61. The second-order valence-corrected chi connectivity index (χ2v) is 5.62. The minimum Gasteiger partial charge on any atom is -0.484 e. The number of aryl methyl sites for hydroxylation is 1. The van der Waals surface area contributed by atoms with Crippen LogP contribution < -0.4 is 21.1 Å². The predicted molar refractivity (Wildman–Crippen MR) is 98.7 cm³/mol. The molecule has 0 unspecified atom stereocenters. The molecule has 4 N–H and O–H groups in total. The van der Waals surface area contributed by atoms with Crippen LogP contribution in [0.5, 0.6) is 5.75 Å². The standard InChI is InChI=1S/C19H23N3O3/c1-14-12-15(21-18(23)8-5-11-20)9-10-17(14)22-19(24)13-25-16-6-3-2-4-7-16/h2-4,6-7,9-10,12H,5,8,11,13,20H2,1H3,(H,21,23)(H,22,24). The SMILES string of the molecule is Cc1cc(NC(=O)CCCN)ccc1NC(=O)COc1ccccc1. The summed E-state index contributed by atoms with van der Waals surface area (Å²) >= 11 is 0. The fourth-order valence-electron chi connectivity index (χ4n) is 2.22. The highest BCUT2D eigenvalue weighted by molar-refractivity contribution is 5.94. The van der Waals surface area contributed by atoms with E-state index in [-0.39, 0.29) is 18.4 Å². The van der Waals surface area contributed by atoms with Crippen molar-refractivity contribution >= 4 is 23.2 Å². The second-order valence-electron chi connectivity index (χ2n) is 5.62. The number of hydrogen-bond acceptors (Lipinski definition) is 4. The zero-order valence-electron chi connectivity index (χ0n) is 14.2. The first kappa shape index (κ1) is 18.5. The highest BCUT2D eigenvalue weighted by Gasteiger charge is 2.08.